The highest BCUT2D eigenvalue weighted by Gasteiger charge is 2.28. The topological polar surface area (TPSA) is 125 Å². The lowest BCUT2D eigenvalue weighted by Crippen LogP contribution is -2.35. The van der Waals surface area contributed by atoms with E-state index in [2.05, 4.69) is 13.8 Å². The van der Waals surface area contributed by atoms with Gasteiger partial charge in [-0.1, -0.05) is 176 Å². The van der Waals surface area contributed by atoms with Gasteiger partial charge in [0.25, 0.3) is 0 Å². The van der Waals surface area contributed by atoms with E-state index in [1.807, 2.05) is 0 Å². The van der Waals surface area contributed by atoms with E-state index in [0.29, 0.717) is 45.1 Å². The predicted molar refractivity (Wildman–Crippen MR) is 237 cm³/mol. The Morgan fingerprint density at radius 2 is 0.672 bits per heavy atom. The fraction of sp³-hybridized carbons (Fsp3) is 0.918. The fourth-order valence-electron chi connectivity index (χ4n) is 7.44. The average Bonchev–Trinajstić information content (AvgIpc) is 3.22. The minimum atomic E-state index is -0.580. The van der Waals surface area contributed by atoms with Gasteiger partial charge in [0.2, 0.25) is 0 Å². The molecular weight excluding hydrogens is 733 g/mol. The second-order valence-electron chi connectivity index (χ2n) is 16.7. The summed E-state index contributed by atoms with van der Waals surface area (Å²) in [6.45, 7) is 10.3. The van der Waals surface area contributed by atoms with Crippen LogP contribution in [0, 0.1) is 0 Å². The molecular formula is C49H92O9. The first-order valence-electron chi connectivity index (χ1n) is 24.6. The Kier molecular flexibility index (Phi) is 40.0. The maximum atomic E-state index is 12.2. The molecule has 9 heteroatoms. The normalized spacial score (nSPS) is 13.4. The molecule has 58 heavy (non-hydrogen) atoms. The minimum Gasteiger partial charge on any atom is -0.466 e. The monoisotopic (exact) mass is 825 g/mol. The Labute approximate surface area is 356 Å². The highest BCUT2D eigenvalue weighted by atomic mass is 16.6. The molecule has 1 N–H and O–H groups in total. The molecule has 0 radical (unpaired) electrons. The van der Waals surface area contributed by atoms with Gasteiger partial charge in [0.1, 0.15) is 18.3 Å². The molecule has 0 aromatic rings. The lowest BCUT2D eigenvalue weighted by atomic mass is 9.98. The summed E-state index contributed by atoms with van der Waals surface area (Å²) < 4.78 is 22.7. The summed E-state index contributed by atoms with van der Waals surface area (Å²) in [5.74, 6) is -0.778. The van der Waals surface area contributed by atoms with Crippen LogP contribution in [0.4, 0.5) is 0 Å². The van der Waals surface area contributed by atoms with Crippen molar-refractivity contribution in [3.8, 4) is 0 Å². The van der Waals surface area contributed by atoms with Crippen molar-refractivity contribution in [1.82, 2.24) is 0 Å². The van der Waals surface area contributed by atoms with Gasteiger partial charge < -0.3 is 24.1 Å². The van der Waals surface area contributed by atoms with Crippen LogP contribution in [0.15, 0.2) is 0 Å². The SMILES string of the molecule is CCCCCCCCC(O)C(CCCCCCCCOC(=O)CCCCCCCCCCCC(OC(=O)CC)C(CCCCCCCC)OC(=O)CC)OC(=O)CC. The van der Waals surface area contributed by atoms with Crippen molar-refractivity contribution in [2.24, 2.45) is 0 Å². The highest BCUT2D eigenvalue weighted by Crippen LogP contribution is 2.22. The van der Waals surface area contributed by atoms with E-state index >= 15 is 0 Å². The lowest BCUT2D eigenvalue weighted by Gasteiger charge is -2.27. The summed E-state index contributed by atoms with van der Waals surface area (Å²) >= 11 is 0. The van der Waals surface area contributed by atoms with Gasteiger partial charge >= 0.3 is 23.9 Å². The molecule has 0 aromatic heterocycles. The van der Waals surface area contributed by atoms with Crippen LogP contribution in [-0.4, -0.2) is 60.0 Å². The number of carbonyl (C=O) groups excluding carboxylic acids is 4. The Morgan fingerprint density at radius 1 is 0.362 bits per heavy atom. The molecule has 0 aliphatic carbocycles. The zero-order valence-electron chi connectivity index (χ0n) is 38.5. The first-order chi connectivity index (χ1) is 28.2. The maximum absolute atomic E-state index is 12.2. The maximum Gasteiger partial charge on any atom is 0.305 e. The summed E-state index contributed by atoms with van der Waals surface area (Å²) in [6, 6.07) is 0. The molecule has 9 nitrogen and oxygen atoms in total. The quantitative estimate of drug-likeness (QED) is 0.0363. The van der Waals surface area contributed by atoms with E-state index in [4.69, 9.17) is 18.9 Å². The Morgan fingerprint density at radius 3 is 1.07 bits per heavy atom. The van der Waals surface area contributed by atoms with Crippen molar-refractivity contribution in [2.45, 2.75) is 284 Å². The van der Waals surface area contributed by atoms with Crippen molar-refractivity contribution in [3.05, 3.63) is 0 Å². The number of unbranched alkanes of at least 4 members (excludes halogenated alkanes) is 23. The molecule has 0 spiro atoms. The number of rotatable bonds is 43. The van der Waals surface area contributed by atoms with Gasteiger partial charge in [-0.05, 0) is 57.8 Å². The number of ether oxygens (including phenoxy) is 4. The van der Waals surface area contributed by atoms with Crippen LogP contribution >= 0.6 is 0 Å². The second-order valence-corrected chi connectivity index (χ2v) is 16.7. The van der Waals surface area contributed by atoms with Crippen LogP contribution < -0.4 is 0 Å². The van der Waals surface area contributed by atoms with Crippen LogP contribution in [0.25, 0.3) is 0 Å². The molecule has 4 unspecified atom stereocenters. The largest absolute Gasteiger partial charge is 0.466 e. The summed E-state index contributed by atoms with van der Waals surface area (Å²) in [4.78, 5) is 48.6. The molecule has 0 amide bonds. The van der Waals surface area contributed by atoms with E-state index in [9.17, 15) is 24.3 Å². The molecule has 0 saturated carbocycles. The van der Waals surface area contributed by atoms with Gasteiger partial charge in [0.05, 0.1) is 12.7 Å². The number of hydrogen-bond acceptors (Lipinski definition) is 9. The minimum absolute atomic E-state index is 0.0891. The average molecular weight is 825 g/mol. The van der Waals surface area contributed by atoms with Crippen LogP contribution in [0.2, 0.25) is 0 Å². The molecule has 0 saturated heterocycles. The van der Waals surface area contributed by atoms with Crippen LogP contribution in [0.5, 0.6) is 0 Å². The second kappa shape index (κ2) is 41.6. The number of hydrogen-bond donors (Lipinski definition) is 1. The zero-order chi connectivity index (χ0) is 42.9. The van der Waals surface area contributed by atoms with Crippen molar-refractivity contribution in [3.63, 3.8) is 0 Å². The van der Waals surface area contributed by atoms with E-state index in [1.54, 1.807) is 20.8 Å². The van der Waals surface area contributed by atoms with Crippen molar-refractivity contribution in [1.29, 1.82) is 0 Å². The molecule has 0 heterocycles. The molecule has 0 aromatic carbocycles. The van der Waals surface area contributed by atoms with Crippen molar-refractivity contribution < 1.29 is 43.2 Å². The first-order valence-corrected chi connectivity index (χ1v) is 24.6. The van der Waals surface area contributed by atoms with Crippen LogP contribution in [-0.2, 0) is 38.1 Å². The molecule has 0 fully saturated rings. The van der Waals surface area contributed by atoms with Gasteiger partial charge in [-0.2, -0.15) is 0 Å². The number of aliphatic hydroxyl groups is 1. The Hall–Kier alpha value is -2.16. The molecule has 0 bridgehead atoms. The number of aliphatic hydroxyl groups excluding tert-OH is 1. The smallest absolute Gasteiger partial charge is 0.305 e. The number of carbonyl (C=O) groups is 4. The lowest BCUT2D eigenvalue weighted by molar-refractivity contribution is -0.169. The number of esters is 4. The van der Waals surface area contributed by atoms with E-state index in [0.717, 1.165) is 116 Å². The van der Waals surface area contributed by atoms with Crippen molar-refractivity contribution in [2.75, 3.05) is 6.61 Å². The van der Waals surface area contributed by atoms with E-state index < -0.39 is 12.2 Å². The van der Waals surface area contributed by atoms with Gasteiger partial charge in [0, 0.05) is 25.7 Å². The summed E-state index contributed by atoms with van der Waals surface area (Å²) in [6.07, 6.45) is 32.5. The molecule has 0 rings (SSSR count). The van der Waals surface area contributed by atoms with Crippen LogP contribution in [0.1, 0.15) is 259 Å². The summed E-state index contributed by atoms with van der Waals surface area (Å²) in [5.41, 5.74) is 0. The molecule has 4 atom stereocenters. The Bertz CT molecular complexity index is 970. The molecule has 0 aliphatic rings. The Balaban J connectivity index is 4.05. The third-order valence-corrected chi connectivity index (χ3v) is 11.3. The predicted octanol–water partition coefficient (Wildman–Crippen LogP) is 13.4. The van der Waals surface area contributed by atoms with Gasteiger partial charge in [-0.3, -0.25) is 19.2 Å². The standard InChI is InChI=1S/C49H92O9/c1-6-11-13-15-24-30-36-42(50)43(56-46(51)8-3)37-31-26-22-23-29-35-41-55-49(54)40-34-28-21-19-17-18-20-27-33-39-45(58-48(53)10-5)44(57-47(52)9-4)38-32-25-16-14-12-7-2/h42-45,50H,6-41H2,1-5H3. The summed E-state index contributed by atoms with van der Waals surface area (Å²) in [7, 11) is 0. The highest BCUT2D eigenvalue weighted by molar-refractivity contribution is 5.70. The third-order valence-electron chi connectivity index (χ3n) is 11.3. The van der Waals surface area contributed by atoms with E-state index in [-0.39, 0.29) is 36.1 Å². The van der Waals surface area contributed by atoms with Crippen LogP contribution in [0.3, 0.4) is 0 Å². The van der Waals surface area contributed by atoms with E-state index in [1.165, 1.54) is 70.6 Å². The third kappa shape index (κ3) is 34.7. The van der Waals surface area contributed by atoms with Gasteiger partial charge in [0.15, 0.2) is 0 Å². The van der Waals surface area contributed by atoms with Crippen molar-refractivity contribution >= 4 is 23.9 Å². The molecule has 0 aliphatic heterocycles. The first kappa shape index (κ1) is 55.8. The zero-order valence-corrected chi connectivity index (χ0v) is 38.5. The summed E-state index contributed by atoms with van der Waals surface area (Å²) in [5, 5.41) is 10.7. The van der Waals surface area contributed by atoms with Gasteiger partial charge in [-0.15, -0.1) is 0 Å². The fourth-order valence-corrected chi connectivity index (χ4v) is 7.44. The molecule has 342 valence electrons. The van der Waals surface area contributed by atoms with Gasteiger partial charge in [-0.25, -0.2) is 0 Å².